The molecule has 1 heterocycles. The van der Waals surface area contributed by atoms with Crippen LogP contribution in [0.1, 0.15) is 18.9 Å². The zero-order valence-corrected chi connectivity index (χ0v) is 14.9. The van der Waals surface area contributed by atoms with Crippen molar-refractivity contribution in [3.63, 3.8) is 0 Å². The monoisotopic (exact) mass is 366 g/mol. The van der Waals surface area contributed by atoms with Crippen LogP contribution in [-0.4, -0.2) is 41.4 Å². The molecular weight excluding hydrogens is 350 g/mol. The summed E-state index contributed by atoms with van der Waals surface area (Å²) in [7, 11) is 1.54. The van der Waals surface area contributed by atoms with Crippen LogP contribution in [0.3, 0.4) is 0 Å². The fourth-order valence-electron chi connectivity index (χ4n) is 2.02. The summed E-state index contributed by atoms with van der Waals surface area (Å²) in [6.45, 7) is 2.04. The van der Waals surface area contributed by atoms with Gasteiger partial charge in [-0.05, 0) is 30.2 Å². The van der Waals surface area contributed by atoms with E-state index in [1.165, 1.54) is 7.11 Å². The minimum absolute atomic E-state index is 0.199. The number of methoxy groups -OCH3 is 1. The second kappa shape index (κ2) is 8.16. The van der Waals surface area contributed by atoms with Crippen molar-refractivity contribution in [3.05, 3.63) is 28.7 Å². The smallest absolute Gasteiger partial charge is 0.266 e. The van der Waals surface area contributed by atoms with Crippen LogP contribution in [0.5, 0.6) is 11.5 Å². The summed E-state index contributed by atoms with van der Waals surface area (Å²) >= 11 is 6.09. The lowest BCUT2D eigenvalue weighted by atomic mass is 10.2. The van der Waals surface area contributed by atoms with Crippen LogP contribution >= 0.6 is 24.0 Å². The largest absolute Gasteiger partial charge is 0.548 e. The first-order valence-corrected chi connectivity index (χ1v) is 8.44. The molecule has 0 unspecified atom stereocenters. The fraction of sp³-hybridized carbons (Fsp3) is 0.312. The van der Waals surface area contributed by atoms with Crippen LogP contribution in [0.2, 0.25) is 0 Å². The molecule has 1 amide bonds. The maximum absolute atomic E-state index is 12.2. The SMILES string of the molecule is CCCOc1ccc(/C=C2/SC(=S)N(CC(=O)[O-])C2=O)cc1OC. The Morgan fingerprint density at radius 2 is 2.17 bits per heavy atom. The topological polar surface area (TPSA) is 78.9 Å². The number of carbonyl (C=O) groups excluding carboxylic acids is 2. The first-order valence-electron chi connectivity index (χ1n) is 7.22. The molecule has 0 atom stereocenters. The van der Waals surface area contributed by atoms with Gasteiger partial charge in [-0.3, -0.25) is 9.69 Å². The number of benzene rings is 1. The van der Waals surface area contributed by atoms with E-state index >= 15 is 0 Å². The van der Waals surface area contributed by atoms with Gasteiger partial charge >= 0.3 is 0 Å². The molecule has 1 aliphatic rings. The molecule has 0 N–H and O–H groups in total. The van der Waals surface area contributed by atoms with Gasteiger partial charge in [0.05, 0.1) is 31.1 Å². The number of carboxylic acids is 1. The van der Waals surface area contributed by atoms with E-state index in [4.69, 9.17) is 21.7 Å². The number of rotatable bonds is 7. The number of ether oxygens (including phenoxy) is 2. The van der Waals surface area contributed by atoms with Crippen molar-refractivity contribution >= 4 is 46.3 Å². The lowest BCUT2D eigenvalue weighted by molar-refractivity contribution is -0.305. The van der Waals surface area contributed by atoms with Crippen LogP contribution in [-0.2, 0) is 9.59 Å². The van der Waals surface area contributed by atoms with Gasteiger partial charge in [0.2, 0.25) is 0 Å². The lowest BCUT2D eigenvalue weighted by Gasteiger charge is -2.14. The van der Waals surface area contributed by atoms with Crippen LogP contribution in [0.4, 0.5) is 0 Å². The van der Waals surface area contributed by atoms with Gasteiger partial charge in [-0.1, -0.05) is 37.0 Å². The molecule has 0 aromatic heterocycles. The third-order valence-electron chi connectivity index (χ3n) is 3.11. The minimum Gasteiger partial charge on any atom is -0.548 e. The van der Waals surface area contributed by atoms with E-state index in [2.05, 4.69) is 0 Å². The Labute approximate surface area is 149 Å². The molecule has 1 aromatic rings. The number of carbonyl (C=O) groups is 2. The molecule has 0 saturated carbocycles. The molecular formula is C16H16NO5S2-. The fourth-order valence-corrected chi connectivity index (χ4v) is 3.28. The predicted molar refractivity (Wildman–Crippen MR) is 93.7 cm³/mol. The Morgan fingerprint density at radius 1 is 1.42 bits per heavy atom. The van der Waals surface area contributed by atoms with E-state index in [1.807, 2.05) is 6.92 Å². The van der Waals surface area contributed by atoms with Crippen LogP contribution in [0.15, 0.2) is 23.1 Å². The molecule has 6 nitrogen and oxygen atoms in total. The van der Waals surface area contributed by atoms with Crippen molar-refractivity contribution in [2.24, 2.45) is 0 Å². The summed E-state index contributed by atoms with van der Waals surface area (Å²) in [5.74, 6) is -0.616. The quantitative estimate of drug-likeness (QED) is 0.534. The second-order valence-corrected chi connectivity index (χ2v) is 6.57. The third-order valence-corrected chi connectivity index (χ3v) is 4.49. The number of amides is 1. The van der Waals surface area contributed by atoms with Gasteiger partial charge in [-0.15, -0.1) is 0 Å². The van der Waals surface area contributed by atoms with Crippen molar-refractivity contribution in [2.75, 3.05) is 20.3 Å². The van der Waals surface area contributed by atoms with Gasteiger partial charge in [-0.2, -0.15) is 0 Å². The molecule has 2 rings (SSSR count). The van der Waals surface area contributed by atoms with Crippen molar-refractivity contribution in [3.8, 4) is 11.5 Å². The molecule has 1 saturated heterocycles. The number of thioether (sulfide) groups is 1. The molecule has 0 radical (unpaired) electrons. The average Bonchev–Trinajstić information content (AvgIpc) is 2.80. The lowest BCUT2D eigenvalue weighted by Crippen LogP contribution is -2.40. The highest BCUT2D eigenvalue weighted by Gasteiger charge is 2.31. The van der Waals surface area contributed by atoms with E-state index in [9.17, 15) is 14.7 Å². The summed E-state index contributed by atoms with van der Waals surface area (Å²) < 4.78 is 11.1. The molecule has 1 fully saturated rings. The normalized spacial score (nSPS) is 15.9. The van der Waals surface area contributed by atoms with E-state index in [0.717, 1.165) is 28.6 Å². The highest BCUT2D eigenvalue weighted by molar-refractivity contribution is 8.26. The molecule has 0 aliphatic carbocycles. The van der Waals surface area contributed by atoms with E-state index in [1.54, 1.807) is 24.3 Å². The van der Waals surface area contributed by atoms with Crippen LogP contribution in [0.25, 0.3) is 6.08 Å². The summed E-state index contributed by atoms with van der Waals surface area (Å²) in [5.41, 5.74) is 0.727. The van der Waals surface area contributed by atoms with E-state index in [-0.39, 0.29) is 4.32 Å². The molecule has 0 spiro atoms. The highest BCUT2D eigenvalue weighted by atomic mass is 32.2. The molecule has 1 aromatic carbocycles. The first-order chi connectivity index (χ1) is 11.5. The van der Waals surface area contributed by atoms with Crippen LogP contribution < -0.4 is 14.6 Å². The van der Waals surface area contributed by atoms with Gasteiger partial charge in [0, 0.05) is 0 Å². The van der Waals surface area contributed by atoms with Gasteiger partial charge in [0.25, 0.3) is 5.91 Å². The first kappa shape index (κ1) is 18.3. The Morgan fingerprint density at radius 3 is 2.79 bits per heavy atom. The zero-order chi connectivity index (χ0) is 17.7. The van der Waals surface area contributed by atoms with Gasteiger partial charge in [0.15, 0.2) is 11.5 Å². The van der Waals surface area contributed by atoms with Crippen molar-refractivity contribution in [1.82, 2.24) is 4.90 Å². The number of thiocarbonyl (C=S) groups is 1. The standard InChI is InChI=1S/C16H17NO5S2/c1-3-6-22-11-5-4-10(7-12(11)21-2)8-13-15(20)17(9-14(18)19)16(23)24-13/h4-5,7-8H,3,6,9H2,1-2H3,(H,18,19)/p-1/b13-8+. The number of nitrogens with zero attached hydrogens (tertiary/aromatic N) is 1. The number of aliphatic carboxylic acids is 1. The minimum atomic E-state index is -1.35. The Bertz CT molecular complexity index is 702. The van der Waals surface area contributed by atoms with Crippen molar-refractivity contribution in [1.29, 1.82) is 0 Å². The Kier molecular flexibility index (Phi) is 6.22. The summed E-state index contributed by atoms with van der Waals surface area (Å²) in [4.78, 5) is 24.3. The number of carboxylic acid groups (broad SMARTS) is 1. The van der Waals surface area contributed by atoms with Gasteiger partial charge in [0.1, 0.15) is 4.32 Å². The van der Waals surface area contributed by atoms with Crippen molar-refractivity contribution in [2.45, 2.75) is 13.3 Å². The van der Waals surface area contributed by atoms with E-state index in [0.29, 0.717) is 23.0 Å². The second-order valence-electron chi connectivity index (χ2n) is 4.90. The average molecular weight is 366 g/mol. The van der Waals surface area contributed by atoms with Crippen LogP contribution in [0, 0.1) is 0 Å². The molecule has 24 heavy (non-hydrogen) atoms. The number of hydrogen-bond donors (Lipinski definition) is 0. The van der Waals surface area contributed by atoms with Crippen molar-refractivity contribution < 1.29 is 24.2 Å². The summed E-state index contributed by atoms with van der Waals surface area (Å²) in [6.07, 6.45) is 2.52. The molecule has 8 heteroatoms. The summed E-state index contributed by atoms with van der Waals surface area (Å²) in [5, 5.41) is 10.7. The molecule has 128 valence electrons. The Hall–Kier alpha value is -2.06. The van der Waals surface area contributed by atoms with Gasteiger partial charge in [-0.25, -0.2) is 0 Å². The predicted octanol–water partition coefficient (Wildman–Crippen LogP) is 1.44. The number of hydrogen-bond acceptors (Lipinski definition) is 7. The van der Waals surface area contributed by atoms with Gasteiger partial charge < -0.3 is 19.4 Å². The Balaban J connectivity index is 2.23. The maximum Gasteiger partial charge on any atom is 0.266 e. The van der Waals surface area contributed by atoms with E-state index < -0.39 is 18.4 Å². The third kappa shape index (κ3) is 4.27. The zero-order valence-electron chi connectivity index (χ0n) is 13.2. The molecule has 1 aliphatic heterocycles. The summed E-state index contributed by atoms with van der Waals surface area (Å²) in [6, 6.07) is 5.30. The maximum atomic E-state index is 12.2. The highest BCUT2D eigenvalue weighted by Crippen LogP contribution is 2.34. The molecule has 0 bridgehead atoms.